The van der Waals surface area contributed by atoms with Gasteiger partial charge in [0.1, 0.15) is 0 Å². The largest absolute Gasteiger partial charge is 0.460 e. The molecule has 0 aromatic heterocycles. The number of nitro groups is 1. The molecule has 0 aliphatic rings. The topological polar surface area (TPSA) is 52.4 Å². The molecule has 0 bridgehead atoms. The maximum Gasteiger partial charge on any atom is 0.272 e. The first-order valence-electron chi connectivity index (χ1n) is 3.28. The van der Waals surface area contributed by atoms with Gasteiger partial charge in [-0.2, -0.15) is 0 Å². The molecule has 0 N–H and O–H groups in total. The Labute approximate surface area is 71.9 Å². The molecule has 0 unspecified atom stereocenters. The smallest absolute Gasteiger partial charge is 0.272 e. The van der Waals surface area contributed by atoms with E-state index in [0.29, 0.717) is 6.07 Å². The zero-order valence-corrected chi connectivity index (χ0v) is 6.37. The standard InChI is InChI=1S/C7H5F2NO3/c8-4-13-7-2-1-5(10(11)12)3-6(7)9/h1-3H,4H2. The molecule has 0 saturated heterocycles. The molecular formula is C7H5F2NO3. The Morgan fingerprint density at radius 2 is 2.23 bits per heavy atom. The van der Waals surface area contributed by atoms with Gasteiger partial charge in [0, 0.05) is 6.07 Å². The van der Waals surface area contributed by atoms with E-state index in [2.05, 4.69) is 4.74 Å². The first kappa shape index (κ1) is 9.37. The van der Waals surface area contributed by atoms with Crippen LogP contribution in [0.1, 0.15) is 0 Å². The minimum Gasteiger partial charge on any atom is -0.460 e. The van der Waals surface area contributed by atoms with Crippen molar-refractivity contribution in [2.45, 2.75) is 0 Å². The first-order valence-corrected chi connectivity index (χ1v) is 3.28. The summed E-state index contributed by atoms with van der Waals surface area (Å²) < 4.78 is 28.6. The average molecular weight is 189 g/mol. The molecule has 1 aromatic carbocycles. The van der Waals surface area contributed by atoms with Crippen LogP contribution in [0.15, 0.2) is 18.2 Å². The molecular weight excluding hydrogens is 184 g/mol. The van der Waals surface area contributed by atoms with E-state index in [-0.39, 0.29) is 5.75 Å². The third-order valence-corrected chi connectivity index (χ3v) is 1.34. The highest BCUT2D eigenvalue weighted by Gasteiger charge is 2.10. The lowest BCUT2D eigenvalue weighted by molar-refractivity contribution is -0.385. The Hall–Kier alpha value is -1.72. The van der Waals surface area contributed by atoms with Crippen LogP contribution in [-0.4, -0.2) is 11.8 Å². The minimum atomic E-state index is -1.17. The molecule has 0 aliphatic heterocycles. The van der Waals surface area contributed by atoms with Crippen molar-refractivity contribution in [3.63, 3.8) is 0 Å². The number of halogens is 2. The van der Waals surface area contributed by atoms with Gasteiger partial charge >= 0.3 is 0 Å². The van der Waals surface area contributed by atoms with Gasteiger partial charge in [0.25, 0.3) is 5.69 Å². The lowest BCUT2D eigenvalue weighted by atomic mass is 10.3. The zero-order chi connectivity index (χ0) is 9.84. The lowest BCUT2D eigenvalue weighted by Crippen LogP contribution is -1.95. The number of nitrogens with zero attached hydrogens (tertiary/aromatic N) is 1. The summed E-state index contributed by atoms with van der Waals surface area (Å²) in [6, 6.07) is 2.71. The normalized spacial score (nSPS) is 9.69. The van der Waals surface area contributed by atoms with Gasteiger partial charge in [-0.05, 0) is 6.07 Å². The molecule has 0 aliphatic carbocycles. The second kappa shape index (κ2) is 3.79. The molecule has 0 fully saturated rings. The number of alkyl halides is 1. The Balaban J connectivity index is 2.98. The second-order valence-electron chi connectivity index (χ2n) is 2.13. The van der Waals surface area contributed by atoms with Crippen LogP contribution in [0, 0.1) is 15.9 Å². The van der Waals surface area contributed by atoms with Gasteiger partial charge in [-0.1, -0.05) is 0 Å². The van der Waals surface area contributed by atoms with Crippen LogP contribution >= 0.6 is 0 Å². The number of hydrogen-bond acceptors (Lipinski definition) is 3. The third kappa shape index (κ3) is 2.11. The van der Waals surface area contributed by atoms with Gasteiger partial charge in [-0.3, -0.25) is 10.1 Å². The lowest BCUT2D eigenvalue weighted by Gasteiger charge is -2.01. The predicted octanol–water partition coefficient (Wildman–Crippen LogP) is 2.04. The van der Waals surface area contributed by atoms with Gasteiger partial charge in [-0.25, -0.2) is 8.78 Å². The molecule has 6 heteroatoms. The van der Waals surface area contributed by atoms with Crippen molar-refractivity contribution >= 4 is 5.69 Å². The Morgan fingerprint density at radius 1 is 1.54 bits per heavy atom. The SMILES string of the molecule is O=[N+]([O-])c1ccc(OCF)c(F)c1. The Morgan fingerprint density at radius 3 is 2.69 bits per heavy atom. The van der Waals surface area contributed by atoms with E-state index in [0.717, 1.165) is 12.1 Å². The summed E-state index contributed by atoms with van der Waals surface area (Å²) in [6.07, 6.45) is 0. The van der Waals surface area contributed by atoms with Crippen molar-refractivity contribution in [2.24, 2.45) is 0 Å². The van der Waals surface area contributed by atoms with Crippen LogP contribution in [0.4, 0.5) is 14.5 Å². The van der Waals surface area contributed by atoms with Gasteiger partial charge in [-0.15, -0.1) is 0 Å². The highest BCUT2D eigenvalue weighted by Crippen LogP contribution is 2.22. The summed E-state index contributed by atoms with van der Waals surface area (Å²) in [4.78, 5) is 9.40. The van der Waals surface area contributed by atoms with Crippen molar-refractivity contribution in [2.75, 3.05) is 6.86 Å². The van der Waals surface area contributed by atoms with Gasteiger partial charge in [0.05, 0.1) is 11.0 Å². The number of ether oxygens (including phenoxy) is 1. The summed E-state index contributed by atoms with van der Waals surface area (Å²) in [6.45, 7) is -1.17. The third-order valence-electron chi connectivity index (χ3n) is 1.34. The highest BCUT2D eigenvalue weighted by molar-refractivity contribution is 5.37. The van der Waals surface area contributed by atoms with Crippen LogP contribution < -0.4 is 4.74 Å². The molecule has 0 amide bonds. The Kier molecular flexibility index (Phi) is 2.73. The molecule has 0 heterocycles. The van der Waals surface area contributed by atoms with Crippen molar-refractivity contribution in [3.8, 4) is 5.75 Å². The summed E-state index contributed by atoms with van der Waals surface area (Å²) in [5.74, 6) is -1.29. The summed E-state index contributed by atoms with van der Waals surface area (Å²) >= 11 is 0. The van der Waals surface area contributed by atoms with Crippen LogP contribution in [0.2, 0.25) is 0 Å². The first-order chi connectivity index (χ1) is 6.15. The minimum absolute atomic E-state index is 0.340. The van der Waals surface area contributed by atoms with E-state index < -0.39 is 23.3 Å². The van der Waals surface area contributed by atoms with Gasteiger partial charge in [0.2, 0.25) is 6.86 Å². The number of non-ortho nitro benzene ring substituents is 1. The fourth-order valence-electron chi connectivity index (χ4n) is 0.779. The molecule has 4 nitrogen and oxygen atoms in total. The van der Waals surface area contributed by atoms with Crippen molar-refractivity contribution < 1.29 is 18.4 Å². The van der Waals surface area contributed by atoms with E-state index in [4.69, 9.17) is 0 Å². The average Bonchev–Trinajstić information content (AvgIpc) is 2.08. The van der Waals surface area contributed by atoms with E-state index in [1.807, 2.05) is 0 Å². The van der Waals surface area contributed by atoms with Gasteiger partial charge in [0.15, 0.2) is 11.6 Å². The fourth-order valence-corrected chi connectivity index (χ4v) is 0.779. The molecule has 1 aromatic rings. The zero-order valence-electron chi connectivity index (χ0n) is 6.37. The molecule has 0 radical (unpaired) electrons. The molecule has 1 rings (SSSR count). The quantitative estimate of drug-likeness (QED) is 0.540. The molecule has 70 valence electrons. The second-order valence-corrected chi connectivity index (χ2v) is 2.13. The number of benzene rings is 1. The maximum atomic E-state index is 12.8. The van der Waals surface area contributed by atoms with E-state index >= 15 is 0 Å². The number of nitro benzene ring substituents is 1. The van der Waals surface area contributed by atoms with Crippen molar-refractivity contribution in [1.82, 2.24) is 0 Å². The maximum absolute atomic E-state index is 12.8. The molecule has 0 spiro atoms. The number of hydrogen-bond donors (Lipinski definition) is 0. The van der Waals surface area contributed by atoms with Crippen molar-refractivity contribution in [3.05, 3.63) is 34.1 Å². The van der Waals surface area contributed by atoms with E-state index in [9.17, 15) is 18.9 Å². The Bertz CT molecular complexity index is 330. The van der Waals surface area contributed by atoms with E-state index in [1.165, 1.54) is 0 Å². The molecule has 0 saturated carbocycles. The summed E-state index contributed by atoms with van der Waals surface area (Å²) in [7, 11) is 0. The van der Waals surface area contributed by atoms with E-state index in [1.54, 1.807) is 0 Å². The van der Waals surface area contributed by atoms with Crippen LogP contribution in [-0.2, 0) is 0 Å². The number of rotatable bonds is 3. The summed E-state index contributed by atoms with van der Waals surface area (Å²) in [5, 5.41) is 10.1. The highest BCUT2D eigenvalue weighted by atomic mass is 19.1. The van der Waals surface area contributed by atoms with Crippen LogP contribution in [0.25, 0.3) is 0 Å². The van der Waals surface area contributed by atoms with Crippen molar-refractivity contribution in [1.29, 1.82) is 0 Å². The molecule has 13 heavy (non-hydrogen) atoms. The predicted molar refractivity (Wildman–Crippen MR) is 39.7 cm³/mol. The summed E-state index contributed by atoms with van der Waals surface area (Å²) in [5.41, 5.74) is -0.399. The van der Waals surface area contributed by atoms with Crippen LogP contribution in [0.3, 0.4) is 0 Å². The molecule has 0 atom stereocenters. The monoisotopic (exact) mass is 189 g/mol. The van der Waals surface area contributed by atoms with Gasteiger partial charge < -0.3 is 4.74 Å². The van der Waals surface area contributed by atoms with Crippen LogP contribution in [0.5, 0.6) is 5.75 Å². The fraction of sp³-hybridized carbons (Fsp3) is 0.143.